The quantitative estimate of drug-likeness (QED) is 0.870. The SMILES string of the molecule is COc1ccc(OC)c(NC(=O)CSC2CCCCC2)c1. The first-order chi connectivity index (χ1) is 10.2. The van der Waals surface area contributed by atoms with Crippen molar-refractivity contribution in [2.24, 2.45) is 0 Å². The van der Waals surface area contributed by atoms with Crippen molar-refractivity contribution in [1.29, 1.82) is 0 Å². The zero-order chi connectivity index (χ0) is 15.1. The highest BCUT2D eigenvalue weighted by Gasteiger charge is 2.16. The van der Waals surface area contributed by atoms with Crippen LogP contribution in [-0.2, 0) is 4.79 Å². The number of benzene rings is 1. The second-order valence-corrected chi connectivity index (χ2v) is 6.47. The van der Waals surface area contributed by atoms with E-state index in [1.165, 1.54) is 32.1 Å². The third-order valence-electron chi connectivity index (χ3n) is 3.68. The molecule has 116 valence electrons. The Balaban J connectivity index is 1.89. The maximum atomic E-state index is 12.1. The lowest BCUT2D eigenvalue weighted by molar-refractivity contribution is -0.113. The normalized spacial score (nSPS) is 15.5. The number of hydrogen-bond acceptors (Lipinski definition) is 4. The van der Waals surface area contributed by atoms with Crippen LogP contribution in [0.15, 0.2) is 18.2 Å². The van der Waals surface area contributed by atoms with Gasteiger partial charge in [-0.05, 0) is 25.0 Å². The molecule has 1 saturated carbocycles. The van der Waals surface area contributed by atoms with Crippen LogP contribution in [0, 0.1) is 0 Å². The molecule has 2 rings (SSSR count). The van der Waals surface area contributed by atoms with Crippen LogP contribution < -0.4 is 14.8 Å². The summed E-state index contributed by atoms with van der Waals surface area (Å²) in [5, 5.41) is 3.55. The van der Waals surface area contributed by atoms with Crippen molar-refractivity contribution < 1.29 is 14.3 Å². The average molecular weight is 309 g/mol. The van der Waals surface area contributed by atoms with Crippen LogP contribution in [0.5, 0.6) is 11.5 Å². The lowest BCUT2D eigenvalue weighted by atomic mass is 10.0. The number of ether oxygens (including phenoxy) is 2. The molecule has 0 unspecified atom stereocenters. The number of anilines is 1. The Kier molecular flexibility index (Phi) is 6.23. The smallest absolute Gasteiger partial charge is 0.234 e. The molecule has 5 heteroatoms. The Morgan fingerprint density at radius 3 is 2.67 bits per heavy atom. The molecule has 21 heavy (non-hydrogen) atoms. The van der Waals surface area contributed by atoms with Crippen molar-refractivity contribution in [3.8, 4) is 11.5 Å². The van der Waals surface area contributed by atoms with Gasteiger partial charge in [-0.2, -0.15) is 0 Å². The Bertz CT molecular complexity index is 473. The molecular weight excluding hydrogens is 286 g/mol. The fraction of sp³-hybridized carbons (Fsp3) is 0.562. The van der Waals surface area contributed by atoms with Gasteiger partial charge in [0.1, 0.15) is 11.5 Å². The van der Waals surface area contributed by atoms with Crippen molar-refractivity contribution in [2.75, 3.05) is 25.3 Å². The highest BCUT2D eigenvalue weighted by molar-refractivity contribution is 8.00. The number of thioether (sulfide) groups is 1. The number of amides is 1. The molecule has 1 aromatic carbocycles. The van der Waals surface area contributed by atoms with E-state index in [9.17, 15) is 4.79 Å². The van der Waals surface area contributed by atoms with Crippen LogP contribution in [-0.4, -0.2) is 31.1 Å². The molecule has 1 aliphatic rings. The number of methoxy groups -OCH3 is 2. The molecule has 1 aromatic rings. The molecule has 0 aliphatic heterocycles. The molecule has 1 fully saturated rings. The summed E-state index contributed by atoms with van der Waals surface area (Å²) < 4.78 is 10.4. The molecule has 0 spiro atoms. The second-order valence-electron chi connectivity index (χ2n) is 5.19. The fourth-order valence-corrected chi connectivity index (χ4v) is 3.65. The largest absolute Gasteiger partial charge is 0.497 e. The van der Waals surface area contributed by atoms with Gasteiger partial charge < -0.3 is 14.8 Å². The van der Waals surface area contributed by atoms with E-state index in [1.54, 1.807) is 38.1 Å². The van der Waals surface area contributed by atoms with Gasteiger partial charge in [-0.25, -0.2) is 0 Å². The monoisotopic (exact) mass is 309 g/mol. The number of nitrogens with one attached hydrogen (secondary N) is 1. The standard InChI is InChI=1S/C16H23NO3S/c1-19-12-8-9-15(20-2)14(10-12)17-16(18)11-21-13-6-4-3-5-7-13/h8-10,13H,3-7,11H2,1-2H3,(H,17,18). The maximum absolute atomic E-state index is 12.1. The molecule has 1 N–H and O–H groups in total. The van der Waals surface area contributed by atoms with Gasteiger partial charge in [0.2, 0.25) is 5.91 Å². The minimum Gasteiger partial charge on any atom is -0.497 e. The van der Waals surface area contributed by atoms with Gasteiger partial charge in [0.05, 0.1) is 25.7 Å². The molecule has 0 aromatic heterocycles. The molecule has 0 saturated heterocycles. The van der Waals surface area contributed by atoms with Gasteiger partial charge in [-0.15, -0.1) is 11.8 Å². The van der Waals surface area contributed by atoms with E-state index in [-0.39, 0.29) is 5.91 Å². The molecule has 0 bridgehead atoms. The van der Waals surface area contributed by atoms with Gasteiger partial charge in [0.25, 0.3) is 0 Å². The van der Waals surface area contributed by atoms with Crippen molar-refractivity contribution >= 4 is 23.4 Å². The third-order valence-corrected chi connectivity index (χ3v) is 5.05. The van der Waals surface area contributed by atoms with E-state index in [0.717, 1.165) is 0 Å². The highest BCUT2D eigenvalue weighted by atomic mass is 32.2. The number of carbonyl (C=O) groups is 1. The minimum atomic E-state index is 0.0112. The zero-order valence-corrected chi connectivity index (χ0v) is 13.5. The number of rotatable bonds is 6. The summed E-state index contributed by atoms with van der Waals surface area (Å²) >= 11 is 1.76. The maximum Gasteiger partial charge on any atom is 0.234 e. The van der Waals surface area contributed by atoms with E-state index in [2.05, 4.69) is 5.32 Å². The summed E-state index contributed by atoms with van der Waals surface area (Å²) in [6, 6.07) is 5.38. The van der Waals surface area contributed by atoms with E-state index in [1.807, 2.05) is 6.07 Å². The van der Waals surface area contributed by atoms with Crippen molar-refractivity contribution in [2.45, 2.75) is 37.4 Å². The molecule has 4 nitrogen and oxygen atoms in total. The summed E-state index contributed by atoms with van der Waals surface area (Å²) in [4.78, 5) is 12.1. The number of carbonyl (C=O) groups excluding carboxylic acids is 1. The minimum absolute atomic E-state index is 0.0112. The van der Waals surface area contributed by atoms with E-state index in [0.29, 0.717) is 28.2 Å². The summed E-state index contributed by atoms with van der Waals surface area (Å²) in [7, 11) is 3.20. The predicted molar refractivity (Wildman–Crippen MR) is 87.5 cm³/mol. The first-order valence-corrected chi connectivity index (χ1v) is 8.41. The zero-order valence-electron chi connectivity index (χ0n) is 12.7. The van der Waals surface area contributed by atoms with Crippen molar-refractivity contribution in [3.05, 3.63) is 18.2 Å². The Morgan fingerprint density at radius 1 is 1.24 bits per heavy atom. The molecular formula is C16H23NO3S. The Hall–Kier alpha value is -1.36. The lowest BCUT2D eigenvalue weighted by Crippen LogP contribution is -2.18. The van der Waals surface area contributed by atoms with E-state index in [4.69, 9.17) is 9.47 Å². The van der Waals surface area contributed by atoms with Gasteiger partial charge in [0.15, 0.2) is 0 Å². The topological polar surface area (TPSA) is 47.6 Å². The van der Waals surface area contributed by atoms with Crippen LogP contribution in [0.4, 0.5) is 5.69 Å². The summed E-state index contributed by atoms with van der Waals surface area (Å²) in [5.74, 6) is 1.85. The van der Waals surface area contributed by atoms with Crippen LogP contribution in [0.2, 0.25) is 0 Å². The lowest BCUT2D eigenvalue weighted by Gasteiger charge is -2.20. The van der Waals surface area contributed by atoms with Crippen LogP contribution in [0.25, 0.3) is 0 Å². The van der Waals surface area contributed by atoms with Crippen molar-refractivity contribution in [3.63, 3.8) is 0 Å². The summed E-state index contributed by atoms with van der Waals surface area (Å²) in [6.45, 7) is 0. The molecule has 0 radical (unpaired) electrons. The van der Waals surface area contributed by atoms with Crippen LogP contribution in [0.3, 0.4) is 0 Å². The van der Waals surface area contributed by atoms with Crippen LogP contribution in [0.1, 0.15) is 32.1 Å². The molecule has 1 aliphatic carbocycles. The van der Waals surface area contributed by atoms with Gasteiger partial charge >= 0.3 is 0 Å². The fourth-order valence-electron chi connectivity index (χ4n) is 2.52. The third kappa shape index (κ3) is 4.84. The number of hydrogen-bond donors (Lipinski definition) is 1. The predicted octanol–water partition coefficient (Wildman–Crippen LogP) is 3.71. The first kappa shape index (κ1) is 16.0. The molecule has 1 amide bonds. The van der Waals surface area contributed by atoms with Gasteiger partial charge in [-0.3, -0.25) is 4.79 Å². The van der Waals surface area contributed by atoms with E-state index >= 15 is 0 Å². The highest BCUT2D eigenvalue weighted by Crippen LogP contribution is 2.30. The first-order valence-electron chi connectivity index (χ1n) is 7.36. The average Bonchev–Trinajstić information content (AvgIpc) is 2.54. The van der Waals surface area contributed by atoms with Gasteiger partial charge in [0, 0.05) is 11.3 Å². The van der Waals surface area contributed by atoms with Crippen molar-refractivity contribution in [1.82, 2.24) is 0 Å². The Morgan fingerprint density at radius 2 is 2.00 bits per heavy atom. The summed E-state index contributed by atoms with van der Waals surface area (Å²) in [5.41, 5.74) is 0.658. The summed E-state index contributed by atoms with van der Waals surface area (Å²) in [6.07, 6.45) is 6.40. The Labute approximate surface area is 130 Å². The molecule has 0 heterocycles. The second kappa shape index (κ2) is 8.17. The van der Waals surface area contributed by atoms with E-state index < -0.39 is 0 Å². The van der Waals surface area contributed by atoms with Crippen LogP contribution >= 0.6 is 11.8 Å². The van der Waals surface area contributed by atoms with Gasteiger partial charge in [-0.1, -0.05) is 19.3 Å². The molecule has 0 atom stereocenters.